The molecular weight excluding hydrogens is 484 g/mol. The average Bonchev–Trinajstić information content (AvgIpc) is 3.11. The first-order valence-electron chi connectivity index (χ1n) is 10.1. The van der Waals surface area contributed by atoms with Gasteiger partial charge in [-0.05, 0) is 61.8 Å². The van der Waals surface area contributed by atoms with E-state index in [0.717, 1.165) is 11.3 Å². The zero-order chi connectivity index (χ0) is 22.3. The van der Waals surface area contributed by atoms with Crippen LogP contribution in [0.25, 0.3) is 22.4 Å². The van der Waals surface area contributed by atoms with Crippen LogP contribution in [0, 0.1) is 0 Å². The Morgan fingerprint density at radius 1 is 1.32 bits per heavy atom. The maximum Gasteiger partial charge on any atom is 0.410 e. The van der Waals surface area contributed by atoms with Gasteiger partial charge >= 0.3 is 6.09 Å². The number of fused-ring (bicyclic) bond motifs is 1. The van der Waals surface area contributed by atoms with E-state index in [2.05, 4.69) is 25.8 Å². The zero-order valence-electron chi connectivity index (χ0n) is 17.9. The van der Waals surface area contributed by atoms with Crippen molar-refractivity contribution in [2.24, 2.45) is 0 Å². The Hall–Kier alpha value is -2.32. The molecule has 0 unspecified atom stereocenters. The van der Waals surface area contributed by atoms with Crippen molar-refractivity contribution >= 4 is 50.7 Å². The third kappa shape index (κ3) is 4.50. The number of ether oxygens (including phenoxy) is 1. The highest BCUT2D eigenvalue weighted by Crippen LogP contribution is 2.41. The fourth-order valence-corrected chi connectivity index (χ4v) is 4.29. The standard InChI is InChI=1S/C22H24BrClN4O3/c1-13-12-27(21(29)31-22(2,3)4)9-10-28(13)20-26-16-11-14(24)18(23)17(19(16)30-20)15-7-5-6-8-25-15/h5-8,11,13H,9-10,12H2,1-4H3/t13-/m0/s1. The van der Waals surface area contributed by atoms with Crippen molar-refractivity contribution in [1.29, 1.82) is 0 Å². The molecule has 1 aliphatic rings. The summed E-state index contributed by atoms with van der Waals surface area (Å²) in [7, 11) is 0. The maximum atomic E-state index is 12.4. The van der Waals surface area contributed by atoms with Crippen molar-refractivity contribution in [2.75, 3.05) is 24.5 Å². The Morgan fingerprint density at radius 3 is 2.74 bits per heavy atom. The summed E-state index contributed by atoms with van der Waals surface area (Å²) in [4.78, 5) is 25.4. The molecular formula is C22H24BrClN4O3. The Morgan fingerprint density at radius 2 is 2.10 bits per heavy atom. The minimum absolute atomic E-state index is 0.00606. The number of rotatable bonds is 2. The summed E-state index contributed by atoms with van der Waals surface area (Å²) in [5.74, 6) is 0. The van der Waals surface area contributed by atoms with Crippen LogP contribution in [0.15, 0.2) is 39.4 Å². The van der Waals surface area contributed by atoms with E-state index in [4.69, 9.17) is 25.7 Å². The predicted molar refractivity (Wildman–Crippen MR) is 125 cm³/mol. The minimum atomic E-state index is -0.522. The molecule has 0 aliphatic carbocycles. The van der Waals surface area contributed by atoms with Crippen LogP contribution in [-0.2, 0) is 4.74 Å². The van der Waals surface area contributed by atoms with Crippen LogP contribution < -0.4 is 4.90 Å². The molecule has 2 aromatic heterocycles. The Labute approximate surface area is 194 Å². The highest BCUT2D eigenvalue weighted by Gasteiger charge is 2.32. The molecule has 0 spiro atoms. The van der Waals surface area contributed by atoms with E-state index in [-0.39, 0.29) is 12.1 Å². The Kier molecular flexibility index (Phi) is 5.87. The first-order valence-corrected chi connectivity index (χ1v) is 11.3. The predicted octanol–water partition coefficient (Wildman–Crippen LogP) is 5.75. The van der Waals surface area contributed by atoms with Crippen LogP contribution in [0.2, 0.25) is 5.02 Å². The van der Waals surface area contributed by atoms with Crippen molar-refractivity contribution in [2.45, 2.75) is 39.3 Å². The third-order valence-electron chi connectivity index (χ3n) is 5.01. The van der Waals surface area contributed by atoms with Gasteiger partial charge in [-0.2, -0.15) is 4.98 Å². The molecule has 1 saturated heterocycles. The number of anilines is 1. The summed E-state index contributed by atoms with van der Waals surface area (Å²) in [6.45, 7) is 9.26. The average molecular weight is 508 g/mol. The van der Waals surface area contributed by atoms with Gasteiger partial charge in [0.15, 0.2) is 5.58 Å². The number of nitrogens with zero attached hydrogens (tertiary/aromatic N) is 4. The van der Waals surface area contributed by atoms with E-state index in [1.165, 1.54) is 0 Å². The number of halogens is 2. The van der Waals surface area contributed by atoms with Crippen molar-refractivity contribution in [3.63, 3.8) is 0 Å². The number of hydrogen-bond acceptors (Lipinski definition) is 6. The van der Waals surface area contributed by atoms with Crippen molar-refractivity contribution in [1.82, 2.24) is 14.9 Å². The number of amides is 1. The summed E-state index contributed by atoms with van der Waals surface area (Å²) < 4.78 is 12.4. The van der Waals surface area contributed by atoms with Crippen LogP contribution >= 0.6 is 27.5 Å². The molecule has 7 nitrogen and oxygen atoms in total. The summed E-state index contributed by atoms with van der Waals surface area (Å²) in [5.41, 5.74) is 2.26. The molecule has 31 heavy (non-hydrogen) atoms. The molecule has 1 amide bonds. The van der Waals surface area contributed by atoms with Gasteiger partial charge in [-0.15, -0.1) is 0 Å². The van der Waals surface area contributed by atoms with E-state index in [1.807, 2.05) is 45.9 Å². The number of carbonyl (C=O) groups excluding carboxylic acids is 1. The fraction of sp³-hybridized carbons (Fsp3) is 0.409. The van der Waals surface area contributed by atoms with Crippen molar-refractivity contribution in [3.05, 3.63) is 40.0 Å². The van der Waals surface area contributed by atoms with Gasteiger partial charge in [-0.3, -0.25) is 4.98 Å². The fourth-order valence-electron chi connectivity index (χ4n) is 3.60. The molecule has 0 bridgehead atoms. The van der Waals surface area contributed by atoms with Crippen LogP contribution in [0.3, 0.4) is 0 Å². The first-order chi connectivity index (χ1) is 14.6. The lowest BCUT2D eigenvalue weighted by Gasteiger charge is -2.39. The van der Waals surface area contributed by atoms with Gasteiger partial charge in [0, 0.05) is 36.3 Å². The summed E-state index contributed by atoms with van der Waals surface area (Å²) in [6, 6.07) is 7.96. The highest BCUT2D eigenvalue weighted by molar-refractivity contribution is 9.10. The molecule has 164 valence electrons. The van der Waals surface area contributed by atoms with Crippen LogP contribution in [0.1, 0.15) is 27.7 Å². The number of benzene rings is 1. The van der Waals surface area contributed by atoms with Crippen molar-refractivity contribution in [3.8, 4) is 11.3 Å². The molecule has 1 aromatic carbocycles. The second-order valence-electron chi connectivity index (χ2n) is 8.58. The van der Waals surface area contributed by atoms with Crippen molar-refractivity contribution < 1.29 is 13.9 Å². The van der Waals surface area contributed by atoms with E-state index in [1.54, 1.807) is 17.2 Å². The molecule has 0 radical (unpaired) electrons. The molecule has 1 fully saturated rings. The number of aromatic nitrogens is 2. The van der Waals surface area contributed by atoms with Gasteiger partial charge in [-0.25, -0.2) is 4.79 Å². The van der Waals surface area contributed by atoms with Gasteiger partial charge in [0.1, 0.15) is 11.1 Å². The van der Waals surface area contributed by atoms with Gasteiger partial charge in [0.25, 0.3) is 6.01 Å². The number of piperazine rings is 1. The number of carbonyl (C=O) groups is 1. The third-order valence-corrected chi connectivity index (χ3v) is 6.36. The smallest absolute Gasteiger partial charge is 0.410 e. The number of hydrogen-bond donors (Lipinski definition) is 0. The topological polar surface area (TPSA) is 71.7 Å². The highest BCUT2D eigenvalue weighted by atomic mass is 79.9. The molecule has 0 saturated carbocycles. The molecule has 3 heterocycles. The molecule has 4 rings (SSSR count). The number of pyridine rings is 1. The molecule has 1 aliphatic heterocycles. The minimum Gasteiger partial charge on any atom is -0.444 e. The SMILES string of the molecule is C[C@H]1CN(C(=O)OC(C)(C)C)CCN1c1nc2cc(Cl)c(Br)c(-c3ccccn3)c2o1. The van der Waals surface area contributed by atoms with Gasteiger partial charge in [0.05, 0.1) is 16.3 Å². The zero-order valence-corrected chi connectivity index (χ0v) is 20.2. The van der Waals surface area contributed by atoms with Crippen LogP contribution in [0.5, 0.6) is 0 Å². The lowest BCUT2D eigenvalue weighted by atomic mass is 10.1. The summed E-state index contributed by atoms with van der Waals surface area (Å²) in [6.07, 6.45) is 1.42. The quantitative estimate of drug-likeness (QED) is 0.440. The Bertz CT molecular complexity index is 1110. The maximum absolute atomic E-state index is 12.4. The second-order valence-corrected chi connectivity index (χ2v) is 9.78. The lowest BCUT2D eigenvalue weighted by Crippen LogP contribution is -2.54. The van der Waals surface area contributed by atoms with Gasteiger partial charge in [-0.1, -0.05) is 17.7 Å². The van der Waals surface area contributed by atoms with Crippen LogP contribution in [0.4, 0.5) is 10.8 Å². The van der Waals surface area contributed by atoms with E-state index in [9.17, 15) is 4.79 Å². The lowest BCUT2D eigenvalue weighted by molar-refractivity contribution is 0.0216. The molecule has 9 heteroatoms. The largest absolute Gasteiger partial charge is 0.444 e. The molecule has 3 aromatic rings. The summed E-state index contributed by atoms with van der Waals surface area (Å²) >= 11 is 10.0. The summed E-state index contributed by atoms with van der Waals surface area (Å²) in [5, 5.41) is 0.538. The molecule has 0 N–H and O–H groups in total. The normalized spacial score (nSPS) is 17.3. The first kappa shape index (κ1) is 21.9. The number of oxazole rings is 1. The Balaban J connectivity index is 1.64. The van der Waals surface area contributed by atoms with E-state index < -0.39 is 5.60 Å². The van der Waals surface area contributed by atoms with Gasteiger partial charge < -0.3 is 19.0 Å². The molecule has 1 atom stereocenters. The van der Waals surface area contributed by atoms with E-state index in [0.29, 0.717) is 46.2 Å². The second kappa shape index (κ2) is 8.31. The monoisotopic (exact) mass is 506 g/mol. The van der Waals surface area contributed by atoms with Gasteiger partial charge in [0.2, 0.25) is 0 Å². The van der Waals surface area contributed by atoms with Crippen LogP contribution in [-0.4, -0.2) is 52.2 Å². The van der Waals surface area contributed by atoms with E-state index >= 15 is 0 Å².